The van der Waals surface area contributed by atoms with Crippen LogP contribution < -0.4 is 27.4 Å². The number of hydrogen-bond acceptors (Lipinski definition) is 7. The predicted octanol–water partition coefficient (Wildman–Crippen LogP) is -1.65. The Bertz CT molecular complexity index is 872. The molecule has 0 aliphatic rings. The molecular formula is C21H31N5O7. The summed E-state index contributed by atoms with van der Waals surface area (Å²) >= 11 is 0. The minimum Gasteiger partial charge on any atom is -0.508 e. The number of carbonyl (C=O) groups is 5. The number of nitrogens with two attached hydrogens (primary N) is 2. The van der Waals surface area contributed by atoms with Gasteiger partial charge in [0.2, 0.25) is 23.6 Å². The molecule has 12 nitrogen and oxygen atoms in total. The van der Waals surface area contributed by atoms with Crippen LogP contribution in [0.25, 0.3) is 0 Å². The van der Waals surface area contributed by atoms with Crippen LogP contribution in [-0.2, 0) is 30.4 Å². The van der Waals surface area contributed by atoms with Crippen LogP contribution in [0.15, 0.2) is 24.3 Å². The molecule has 4 atom stereocenters. The summed E-state index contributed by atoms with van der Waals surface area (Å²) in [6.07, 6.45) is -0.431. The predicted molar refractivity (Wildman–Crippen MR) is 118 cm³/mol. The highest BCUT2D eigenvalue weighted by Crippen LogP contribution is 2.12. The Morgan fingerprint density at radius 1 is 0.909 bits per heavy atom. The van der Waals surface area contributed by atoms with E-state index < -0.39 is 66.1 Å². The van der Waals surface area contributed by atoms with Crippen LogP contribution in [0.4, 0.5) is 0 Å². The lowest BCUT2D eigenvalue weighted by Crippen LogP contribution is -2.58. The van der Waals surface area contributed by atoms with Crippen LogP contribution in [0.1, 0.15) is 32.8 Å². The molecule has 1 aromatic carbocycles. The van der Waals surface area contributed by atoms with E-state index in [-0.39, 0.29) is 12.2 Å². The highest BCUT2D eigenvalue weighted by atomic mass is 16.4. The Kier molecular flexibility index (Phi) is 10.3. The third-order valence-electron chi connectivity index (χ3n) is 4.75. The van der Waals surface area contributed by atoms with Gasteiger partial charge in [0, 0.05) is 6.42 Å². The number of carbonyl (C=O) groups excluding carboxylic acids is 4. The first-order valence-electron chi connectivity index (χ1n) is 10.3. The van der Waals surface area contributed by atoms with E-state index in [0.29, 0.717) is 5.56 Å². The molecule has 0 fully saturated rings. The Balaban J connectivity index is 2.80. The molecule has 4 unspecified atom stereocenters. The first kappa shape index (κ1) is 27.4. The van der Waals surface area contributed by atoms with E-state index in [1.54, 1.807) is 13.8 Å². The van der Waals surface area contributed by atoms with Crippen LogP contribution in [0.3, 0.4) is 0 Å². The molecule has 0 aliphatic heterocycles. The van der Waals surface area contributed by atoms with E-state index >= 15 is 0 Å². The second-order valence-corrected chi connectivity index (χ2v) is 8.01. The van der Waals surface area contributed by atoms with Crippen molar-refractivity contribution >= 4 is 29.6 Å². The minimum atomic E-state index is -1.27. The third-order valence-corrected chi connectivity index (χ3v) is 4.75. The number of phenolic OH excluding ortho intramolecular Hbond substituents is 1. The van der Waals surface area contributed by atoms with Crippen LogP contribution in [0.2, 0.25) is 0 Å². The number of amides is 4. The maximum Gasteiger partial charge on any atom is 0.326 e. The van der Waals surface area contributed by atoms with Crippen molar-refractivity contribution in [3.63, 3.8) is 0 Å². The molecular weight excluding hydrogens is 434 g/mol. The molecule has 182 valence electrons. The molecule has 9 N–H and O–H groups in total. The van der Waals surface area contributed by atoms with Crippen LogP contribution in [0.5, 0.6) is 5.75 Å². The highest BCUT2D eigenvalue weighted by molar-refractivity contribution is 5.94. The quantitative estimate of drug-likeness (QED) is 0.189. The molecule has 33 heavy (non-hydrogen) atoms. The Hall–Kier alpha value is -3.67. The molecule has 0 radical (unpaired) electrons. The molecule has 1 aromatic rings. The summed E-state index contributed by atoms with van der Waals surface area (Å²) in [5.74, 6) is -4.60. The van der Waals surface area contributed by atoms with Gasteiger partial charge >= 0.3 is 5.97 Å². The fourth-order valence-electron chi connectivity index (χ4n) is 2.84. The molecule has 0 aromatic heterocycles. The van der Waals surface area contributed by atoms with Crippen molar-refractivity contribution in [1.29, 1.82) is 0 Å². The monoisotopic (exact) mass is 465 g/mol. The number of hydrogen-bond donors (Lipinski definition) is 7. The smallest absolute Gasteiger partial charge is 0.326 e. The van der Waals surface area contributed by atoms with Crippen molar-refractivity contribution in [3.8, 4) is 5.75 Å². The molecule has 4 amide bonds. The number of carboxylic acids is 1. The second-order valence-electron chi connectivity index (χ2n) is 8.01. The van der Waals surface area contributed by atoms with Gasteiger partial charge in [0.1, 0.15) is 23.9 Å². The SMILES string of the molecule is CC(NC(=O)C(N)CC(N)=O)C(=O)NC(C(=O)NC(Cc1ccc(O)cc1)C(=O)O)C(C)C. The fraction of sp³-hybridized carbons (Fsp3) is 0.476. The summed E-state index contributed by atoms with van der Waals surface area (Å²) < 4.78 is 0. The number of aromatic hydroxyl groups is 1. The maximum atomic E-state index is 12.8. The average Bonchev–Trinajstić information content (AvgIpc) is 2.71. The van der Waals surface area contributed by atoms with E-state index in [4.69, 9.17) is 11.5 Å². The van der Waals surface area contributed by atoms with Crippen molar-refractivity contribution in [2.75, 3.05) is 0 Å². The molecule has 0 heterocycles. The molecule has 0 aliphatic carbocycles. The first-order chi connectivity index (χ1) is 15.3. The van der Waals surface area contributed by atoms with Gasteiger partial charge in [0.15, 0.2) is 0 Å². The lowest BCUT2D eigenvalue weighted by Gasteiger charge is -2.26. The number of phenols is 1. The Labute approximate surface area is 191 Å². The number of benzene rings is 1. The second kappa shape index (κ2) is 12.4. The molecule has 0 saturated heterocycles. The molecule has 12 heteroatoms. The summed E-state index contributed by atoms with van der Waals surface area (Å²) in [6.45, 7) is 4.68. The van der Waals surface area contributed by atoms with Gasteiger partial charge in [0.25, 0.3) is 0 Å². The van der Waals surface area contributed by atoms with Crippen LogP contribution in [-0.4, -0.2) is 64.0 Å². The number of carboxylic acid groups (broad SMARTS) is 1. The van der Waals surface area contributed by atoms with Crippen LogP contribution >= 0.6 is 0 Å². The molecule has 0 bridgehead atoms. The Morgan fingerprint density at radius 3 is 1.97 bits per heavy atom. The van der Waals surface area contributed by atoms with Crippen molar-refractivity contribution in [2.45, 2.75) is 57.8 Å². The maximum absolute atomic E-state index is 12.8. The lowest BCUT2D eigenvalue weighted by atomic mass is 10.0. The largest absolute Gasteiger partial charge is 0.508 e. The van der Waals surface area contributed by atoms with Crippen molar-refractivity contribution in [1.82, 2.24) is 16.0 Å². The fourth-order valence-corrected chi connectivity index (χ4v) is 2.84. The normalized spacial score (nSPS) is 14.5. The number of nitrogens with one attached hydrogen (secondary N) is 3. The van der Waals surface area contributed by atoms with Gasteiger partial charge in [-0.25, -0.2) is 4.79 Å². The zero-order valence-electron chi connectivity index (χ0n) is 18.7. The molecule has 0 spiro atoms. The molecule has 1 rings (SSSR count). The third kappa shape index (κ3) is 9.15. The number of rotatable bonds is 12. The van der Waals surface area contributed by atoms with Crippen molar-refractivity contribution in [3.05, 3.63) is 29.8 Å². The average molecular weight is 466 g/mol. The highest BCUT2D eigenvalue weighted by Gasteiger charge is 2.30. The number of primary amides is 1. The van der Waals surface area contributed by atoms with Gasteiger partial charge in [-0.15, -0.1) is 0 Å². The van der Waals surface area contributed by atoms with Gasteiger partial charge in [-0.2, -0.15) is 0 Å². The summed E-state index contributed by atoms with van der Waals surface area (Å²) in [4.78, 5) is 59.8. The van der Waals surface area contributed by atoms with Gasteiger partial charge < -0.3 is 37.6 Å². The first-order valence-corrected chi connectivity index (χ1v) is 10.3. The van der Waals surface area contributed by atoms with E-state index in [1.165, 1.54) is 31.2 Å². The minimum absolute atomic E-state index is 0.0223. The topological polar surface area (TPSA) is 214 Å². The van der Waals surface area contributed by atoms with Crippen molar-refractivity contribution < 1.29 is 34.2 Å². The zero-order chi connectivity index (χ0) is 25.3. The van der Waals surface area contributed by atoms with E-state index in [9.17, 15) is 34.2 Å². The zero-order valence-corrected chi connectivity index (χ0v) is 18.7. The standard InChI is InChI=1S/C21H31N5O7/c1-10(2)17(26-18(29)11(3)24-19(30)14(22)9-16(23)28)20(31)25-15(21(32)33)8-12-4-6-13(27)7-5-12/h4-7,10-11,14-15,17,27H,8-9,22H2,1-3H3,(H2,23,28)(H,24,30)(H,25,31)(H,26,29)(H,32,33). The summed E-state index contributed by atoms with van der Waals surface area (Å²) in [5.41, 5.74) is 11.1. The van der Waals surface area contributed by atoms with Gasteiger partial charge in [0.05, 0.1) is 12.5 Å². The summed E-state index contributed by atoms with van der Waals surface area (Å²) in [7, 11) is 0. The van der Waals surface area contributed by atoms with Gasteiger partial charge in [-0.05, 0) is 30.5 Å². The van der Waals surface area contributed by atoms with Crippen LogP contribution in [0, 0.1) is 5.92 Å². The van der Waals surface area contributed by atoms with Gasteiger partial charge in [-0.3, -0.25) is 19.2 Å². The Morgan fingerprint density at radius 2 is 1.48 bits per heavy atom. The summed E-state index contributed by atoms with van der Waals surface area (Å²) in [5, 5.41) is 26.1. The van der Waals surface area contributed by atoms with Gasteiger partial charge in [-0.1, -0.05) is 26.0 Å². The molecule has 0 saturated carbocycles. The lowest BCUT2D eigenvalue weighted by molar-refractivity contribution is -0.142. The van der Waals surface area contributed by atoms with E-state index in [1.807, 2.05) is 0 Å². The van der Waals surface area contributed by atoms with E-state index in [0.717, 1.165) is 0 Å². The summed E-state index contributed by atoms with van der Waals surface area (Å²) in [6, 6.07) is 1.20. The number of aliphatic carboxylic acids is 1. The van der Waals surface area contributed by atoms with E-state index in [2.05, 4.69) is 16.0 Å². The van der Waals surface area contributed by atoms with Crippen molar-refractivity contribution in [2.24, 2.45) is 17.4 Å².